The van der Waals surface area contributed by atoms with Gasteiger partial charge in [0.2, 0.25) is 11.8 Å². The largest absolute Gasteiger partial charge is 0.488 e. The Morgan fingerprint density at radius 3 is 2.39 bits per heavy atom. The van der Waals surface area contributed by atoms with Gasteiger partial charge >= 0.3 is 0 Å². The first-order chi connectivity index (χ1) is 31.7. The summed E-state index contributed by atoms with van der Waals surface area (Å²) in [5.74, 6) is 9.41. The molecule has 2 aliphatic heterocycles. The third-order valence-electron chi connectivity index (χ3n) is 13.1. The Bertz CT molecular complexity index is 2330. The summed E-state index contributed by atoms with van der Waals surface area (Å²) in [5, 5.41) is 10.9. The van der Waals surface area contributed by atoms with Crippen LogP contribution in [0.3, 0.4) is 0 Å². The number of carbonyl (C=O) groups excluding carboxylic acids is 5. The zero-order chi connectivity index (χ0) is 48.3. The first kappa shape index (κ1) is 52.0. The molecule has 5 atom stereocenters. The molecule has 3 amide bonds. The smallest absolute Gasteiger partial charge is 0.255 e. The number of nitrogens with zero attached hydrogens (tertiary/aromatic N) is 4. The average Bonchev–Trinajstić information content (AvgIpc) is 4.18. The molecule has 2 aromatic heterocycles. The summed E-state index contributed by atoms with van der Waals surface area (Å²) in [5.41, 5.74) is 3.77. The second-order valence-corrected chi connectivity index (χ2v) is 22.0. The highest BCUT2D eigenvalue weighted by molar-refractivity contribution is 8.27. The Morgan fingerprint density at radius 2 is 1.76 bits per heavy atom. The number of nitrogens with one attached hydrogen (secondary N) is 3. The lowest BCUT2D eigenvalue weighted by atomic mass is 10.0. The van der Waals surface area contributed by atoms with Crippen molar-refractivity contribution in [1.82, 2.24) is 35.1 Å². The van der Waals surface area contributed by atoms with Gasteiger partial charge in [0.05, 0.1) is 23.6 Å². The van der Waals surface area contributed by atoms with Crippen LogP contribution < -0.4 is 20.1 Å². The molecule has 2 aliphatic carbocycles. The number of benzene rings is 1. The molecule has 2 saturated carbocycles. The van der Waals surface area contributed by atoms with Crippen LogP contribution in [0.2, 0.25) is 0 Å². The summed E-state index contributed by atoms with van der Waals surface area (Å²) in [4.78, 5) is 74.4. The molecule has 3 N–H and O–H groups in total. The summed E-state index contributed by atoms with van der Waals surface area (Å²) >= 11 is 1.57. The summed E-state index contributed by atoms with van der Waals surface area (Å²) in [6.45, 7) is 23.1. The third kappa shape index (κ3) is 11.9. The van der Waals surface area contributed by atoms with Gasteiger partial charge in [-0.25, -0.2) is 9.97 Å². The van der Waals surface area contributed by atoms with Crippen molar-refractivity contribution in [1.29, 1.82) is 0 Å². The van der Waals surface area contributed by atoms with Crippen molar-refractivity contribution in [3.05, 3.63) is 65.0 Å². The van der Waals surface area contributed by atoms with E-state index in [0.717, 1.165) is 110 Å². The van der Waals surface area contributed by atoms with Gasteiger partial charge in [0.15, 0.2) is 0 Å². The van der Waals surface area contributed by atoms with Gasteiger partial charge in [-0.05, 0) is 87.8 Å². The first-order valence-electron chi connectivity index (χ1n) is 23.6. The molecule has 0 radical (unpaired) electrons. The molecule has 4 heterocycles. The van der Waals surface area contributed by atoms with Crippen LogP contribution in [0, 0.1) is 12.8 Å². The van der Waals surface area contributed by atoms with E-state index < -0.39 is 33.1 Å². The second-order valence-electron chi connectivity index (χ2n) is 18.4. The molecular weight excluding hydrogens is 871 g/mol. The Morgan fingerprint density at radius 1 is 1.05 bits per heavy atom. The number of amides is 3. The lowest BCUT2D eigenvalue weighted by Gasteiger charge is -2.33. The number of aromatic nitrogens is 2. The van der Waals surface area contributed by atoms with Gasteiger partial charge in [0.25, 0.3) is 5.91 Å². The zero-order valence-corrected chi connectivity index (χ0v) is 41.8. The maximum atomic E-state index is 15.1. The van der Waals surface area contributed by atoms with Crippen molar-refractivity contribution in [3.8, 4) is 16.5 Å². The van der Waals surface area contributed by atoms with Crippen LogP contribution in [0.15, 0.2) is 48.1 Å². The van der Waals surface area contributed by atoms with E-state index >= 15 is 4.79 Å². The predicted molar refractivity (Wildman–Crippen MR) is 272 cm³/mol. The molecule has 66 heavy (non-hydrogen) atoms. The fourth-order valence-electron chi connectivity index (χ4n) is 9.14. The predicted octanol–water partition coefficient (Wildman–Crippen LogP) is 8.14. The maximum Gasteiger partial charge on any atom is 0.255 e. The molecule has 0 bridgehead atoms. The van der Waals surface area contributed by atoms with E-state index in [1.807, 2.05) is 19.6 Å². The van der Waals surface area contributed by atoms with Gasteiger partial charge in [-0.3, -0.25) is 14.4 Å². The number of rotatable bonds is 15. The van der Waals surface area contributed by atoms with E-state index in [1.165, 1.54) is 5.56 Å². The third-order valence-corrected chi connectivity index (χ3v) is 16.4. The molecule has 4 aliphatic rings. The van der Waals surface area contributed by atoms with Crippen molar-refractivity contribution >= 4 is 74.7 Å². The van der Waals surface area contributed by atoms with E-state index in [9.17, 15) is 9.59 Å². The lowest BCUT2D eigenvalue weighted by Crippen LogP contribution is -2.57. The fourth-order valence-corrected chi connectivity index (χ4v) is 11.8. The molecule has 13 nitrogen and oxygen atoms in total. The van der Waals surface area contributed by atoms with Crippen LogP contribution in [-0.4, -0.2) is 111 Å². The highest BCUT2D eigenvalue weighted by Crippen LogP contribution is 2.48. The van der Waals surface area contributed by atoms with Crippen molar-refractivity contribution < 1.29 is 28.7 Å². The minimum Gasteiger partial charge on any atom is -0.488 e. The second kappa shape index (κ2) is 23.1. The summed E-state index contributed by atoms with van der Waals surface area (Å²) in [6, 6.07) is 4.70. The van der Waals surface area contributed by atoms with E-state index in [2.05, 4.69) is 110 Å². The topological polar surface area (TPSA) is 163 Å². The molecule has 7 rings (SSSR count). The molecular formula is C51H73N7O6S2. The Balaban J connectivity index is 0.00000199. The van der Waals surface area contributed by atoms with E-state index in [1.54, 1.807) is 16.2 Å². The molecule has 3 aromatic rings. The van der Waals surface area contributed by atoms with Gasteiger partial charge in [0.1, 0.15) is 53.8 Å². The van der Waals surface area contributed by atoms with Crippen molar-refractivity contribution in [2.24, 2.45) is 5.92 Å². The number of fused-ring (bicyclic) bond motifs is 3. The zero-order valence-electron chi connectivity index (χ0n) is 40.1. The van der Waals surface area contributed by atoms with E-state index in [0.29, 0.717) is 18.6 Å². The van der Waals surface area contributed by atoms with Crippen LogP contribution >= 0.6 is 20.7 Å². The summed E-state index contributed by atoms with van der Waals surface area (Å²) in [7, 11) is -1.88. The molecule has 1 unspecified atom stereocenters. The molecule has 1 aromatic carbocycles. The summed E-state index contributed by atoms with van der Waals surface area (Å²) in [6.07, 6.45) is 13.4. The normalized spacial score (nSPS) is 23.6. The number of hydrogen-bond acceptors (Lipinski definition) is 11. The first-order valence-corrected chi connectivity index (χ1v) is 26.5. The standard InChI is InChI=1S/C49H69N7O4S2.2CH2O/c1-10-24-55(25-11-2)33(7)50-39-19-17-15-13-14-16-18-35-28-49(35,48(59)54-62(8,9)37-21-22-37)53-45(57)42-26-36(29-56(42)47(39)58)60-43-27-40(46-52-41(30-61-46)31(4)5)51-44-32(6)34(12-3)20-23-38(43)44;2*1-2/h16,18,20,23,27,30-31,35-37,39,42,50H,7-15,17,19,21-22,24-26,28-29H2,1-6H3,(H,53,57)(H,54,59);2*1H2/b18-16-;;/t35?,36-,39+,42+,49-;;/m1../s1. The minimum absolute atomic E-state index is 0.162. The highest BCUT2D eigenvalue weighted by atomic mass is 32.2. The molecule has 15 heteroatoms. The van der Waals surface area contributed by atoms with Crippen LogP contribution in [0.4, 0.5) is 0 Å². The molecule has 3 fully saturated rings. The van der Waals surface area contributed by atoms with Crippen LogP contribution in [0.5, 0.6) is 5.75 Å². The number of carbonyl (C=O) groups is 5. The fraction of sp³-hybridized carbons (Fsp3) is 0.549. The number of thiazole rings is 1. The maximum absolute atomic E-state index is 15.1. The Hall–Kier alpha value is -5.02. The van der Waals surface area contributed by atoms with E-state index in [-0.39, 0.29) is 47.8 Å². The number of hydrogen-bond donors (Lipinski definition) is 3. The number of aryl methyl sites for hydroxylation is 2. The SMILES string of the molecule is C=C(N[C@H]1CCCCC/C=C\C2C[C@@]2(C(=O)NS(=C)(=C)C2CC2)NC(=O)[C@@H]2C[C@@H](Oc3cc(-c4nc(C(C)C)cs4)nc4c(C)c(CC)ccc34)CN2C1=O)N(CCC)CCC.C=O.C=O. The monoisotopic (exact) mass is 944 g/mol. The van der Waals surface area contributed by atoms with Gasteiger partial charge in [0, 0.05) is 47.5 Å². The van der Waals surface area contributed by atoms with Gasteiger partial charge < -0.3 is 39.5 Å². The van der Waals surface area contributed by atoms with Crippen LogP contribution in [0.1, 0.15) is 128 Å². The molecule has 1 saturated heterocycles. The number of allylic oxidation sites excluding steroid dienone is 1. The number of pyridine rings is 1. The van der Waals surface area contributed by atoms with Gasteiger partial charge in [-0.1, -0.05) is 84.0 Å². The van der Waals surface area contributed by atoms with E-state index in [4.69, 9.17) is 24.3 Å². The molecule has 0 spiro atoms. The minimum atomic E-state index is -1.88. The van der Waals surface area contributed by atoms with Gasteiger partial charge in [-0.15, -0.1) is 20.7 Å². The Labute approximate surface area is 397 Å². The van der Waals surface area contributed by atoms with Crippen molar-refractivity contribution in [2.75, 3.05) is 19.6 Å². The van der Waals surface area contributed by atoms with Crippen molar-refractivity contribution in [2.45, 2.75) is 153 Å². The molecule has 360 valence electrons. The number of ether oxygens (including phenoxy) is 1. The van der Waals surface area contributed by atoms with Crippen LogP contribution in [-0.2, 0) is 30.4 Å². The van der Waals surface area contributed by atoms with Gasteiger partial charge in [-0.2, -0.15) is 0 Å². The van der Waals surface area contributed by atoms with Crippen molar-refractivity contribution in [3.63, 3.8) is 0 Å². The Kier molecular flexibility index (Phi) is 18.2. The highest BCUT2D eigenvalue weighted by Gasteiger charge is 2.61. The summed E-state index contributed by atoms with van der Waals surface area (Å²) < 4.78 is 10.2. The average molecular weight is 944 g/mol. The lowest BCUT2D eigenvalue weighted by molar-refractivity contribution is -0.141. The quantitative estimate of drug-likeness (QED) is 0.100. The van der Waals surface area contributed by atoms with Crippen LogP contribution in [0.25, 0.3) is 21.6 Å².